The molecule has 1 aromatic heterocycles. The van der Waals surface area contributed by atoms with E-state index in [2.05, 4.69) is 10.3 Å². The number of ether oxygens (including phenoxy) is 2. The van der Waals surface area contributed by atoms with Crippen LogP contribution in [0.1, 0.15) is 32.4 Å². The van der Waals surface area contributed by atoms with Gasteiger partial charge in [-0.15, -0.1) is 11.3 Å². The normalized spacial score (nSPS) is 21.7. The number of thiazole rings is 1. The van der Waals surface area contributed by atoms with Gasteiger partial charge in [0.15, 0.2) is 5.13 Å². The Morgan fingerprint density at radius 2 is 2.40 bits per heavy atom. The molecule has 7 heteroatoms. The van der Waals surface area contributed by atoms with E-state index in [1.54, 1.807) is 19.2 Å². The first-order valence-electron chi connectivity index (χ1n) is 6.59. The number of carbonyl (C=O) groups excluding carboxylic acids is 2. The number of rotatable bonds is 5. The molecule has 0 spiro atoms. The van der Waals surface area contributed by atoms with Gasteiger partial charge in [0.2, 0.25) is 0 Å². The highest BCUT2D eigenvalue weighted by atomic mass is 32.1. The van der Waals surface area contributed by atoms with Crippen LogP contribution in [-0.2, 0) is 25.5 Å². The quantitative estimate of drug-likeness (QED) is 0.838. The summed E-state index contributed by atoms with van der Waals surface area (Å²) < 4.78 is 10.3. The molecule has 1 amide bonds. The molecular weight excluding hydrogens is 280 g/mol. The van der Waals surface area contributed by atoms with Crippen LogP contribution >= 0.6 is 11.3 Å². The van der Waals surface area contributed by atoms with Gasteiger partial charge in [-0.1, -0.05) is 0 Å². The Morgan fingerprint density at radius 1 is 1.60 bits per heavy atom. The van der Waals surface area contributed by atoms with Crippen LogP contribution in [0.5, 0.6) is 0 Å². The molecule has 20 heavy (non-hydrogen) atoms. The topological polar surface area (TPSA) is 77.5 Å². The molecule has 0 bridgehead atoms. The number of hydrogen-bond donors (Lipinski definition) is 1. The van der Waals surface area contributed by atoms with Crippen molar-refractivity contribution in [3.05, 3.63) is 11.1 Å². The highest BCUT2D eigenvalue weighted by Gasteiger charge is 2.38. The van der Waals surface area contributed by atoms with Crippen molar-refractivity contribution in [2.24, 2.45) is 0 Å². The Kier molecular flexibility index (Phi) is 4.72. The molecule has 1 atom stereocenters. The summed E-state index contributed by atoms with van der Waals surface area (Å²) in [6.45, 7) is 4.49. The van der Waals surface area contributed by atoms with Crippen LogP contribution in [0.2, 0.25) is 0 Å². The van der Waals surface area contributed by atoms with Crippen molar-refractivity contribution in [1.29, 1.82) is 0 Å². The minimum Gasteiger partial charge on any atom is -0.466 e. The van der Waals surface area contributed by atoms with Gasteiger partial charge in [0, 0.05) is 12.0 Å². The first kappa shape index (κ1) is 14.9. The minimum absolute atomic E-state index is 0.119. The van der Waals surface area contributed by atoms with Gasteiger partial charge in [-0.3, -0.25) is 14.9 Å². The number of nitrogens with one attached hydrogen (secondary N) is 1. The van der Waals surface area contributed by atoms with Gasteiger partial charge < -0.3 is 9.47 Å². The molecule has 110 valence electrons. The average Bonchev–Trinajstić information content (AvgIpc) is 3.00. The molecule has 0 aromatic carbocycles. The third kappa shape index (κ3) is 3.55. The average molecular weight is 298 g/mol. The predicted octanol–water partition coefficient (Wildman–Crippen LogP) is 1.76. The van der Waals surface area contributed by atoms with Crippen molar-refractivity contribution in [3.63, 3.8) is 0 Å². The fourth-order valence-electron chi connectivity index (χ4n) is 1.99. The second-order valence-electron chi connectivity index (χ2n) is 4.76. The van der Waals surface area contributed by atoms with Gasteiger partial charge in [-0.05, 0) is 26.7 Å². The van der Waals surface area contributed by atoms with E-state index < -0.39 is 5.60 Å². The molecule has 1 aliphatic heterocycles. The maximum absolute atomic E-state index is 12.1. The molecule has 2 rings (SSSR count). The van der Waals surface area contributed by atoms with E-state index >= 15 is 0 Å². The van der Waals surface area contributed by atoms with E-state index in [0.29, 0.717) is 30.5 Å². The molecular formula is C13H18N2O4S. The first-order chi connectivity index (χ1) is 9.53. The predicted molar refractivity (Wildman–Crippen MR) is 74.7 cm³/mol. The molecule has 1 fully saturated rings. The van der Waals surface area contributed by atoms with Crippen molar-refractivity contribution in [2.45, 2.75) is 38.7 Å². The number of esters is 1. The zero-order valence-corrected chi connectivity index (χ0v) is 12.4. The summed E-state index contributed by atoms with van der Waals surface area (Å²) in [6.07, 6.45) is 1.71. The standard InChI is InChI=1S/C13H18N2O4S/c1-3-18-10(16)7-9-8-20-12(14-9)15-11(17)13(2)5-4-6-19-13/h8H,3-7H2,1-2H3,(H,14,15,17). The Hall–Kier alpha value is -1.47. The van der Waals surface area contributed by atoms with Crippen LogP contribution in [0.15, 0.2) is 5.38 Å². The van der Waals surface area contributed by atoms with Crippen LogP contribution in [-0.4, -0.2) is 35.7 Å². The maximum atomic E-state index is 12.1. The second-order valence-corrected chi connectivity index (χ2v) is 5.62. The highest BCUT2D eigenvalue weighted by Crippen LogP contribution is 2.27. The molecule has 0 saturated carbocycles. The largest absolute Gasteiger partial charge is 0.466 e. The second kappa shape index (κ2) is 6.32. The maximum Gasteiger partial charge on any atom is 0.311 e. The number of anilines is 1. The van der Waals surface area contributed by atoms with E-state index in [0.717, 1.165) is 6.42 Å². The van der Waals surface area contributed by atoms with Crippen molar-refractivity contribution >= 4 is 28.3 Å². The lowest BCUT2D eigenvalue weighted by atomic mass is 10.0. The molecule has 1 aromatic rings. The summed E-state index contributed by atoms with van der Waals surface area (Å²) in [5.41, 5.74) is -0.172. The van der Waals surface area contributed by atoms with Crippen molar-refractivity contribution < 1.29 is 19.1 Å². The lowest BCUT2D eigenvalue weighted by Gasteiger charge is -2.20. The Bertz CT molecular complexity index is 494. The third-order valence-corrected chi connectivity index (χ3v) is 3.91. The number of hydrogen-bond acceptors (Lipinski definition) is 6. The third-order valence-electron chi connectivity index (χ3n) is 3.10. The number of aromatic nitrogens is 1. The van der Waals surface area contributed by atoms with Crippen LogP contribution in [0.25, 0.3) is 0 Å². The van der Waals surface area contributed by atoms with Crippen molar-refractivity contribution in [2.75, 3.05) is 18.5 Å². The molecule has 6 nitrogen and oxygen atoms in total. The molecule has 0 radical (unpaired) electrons. The summed E-state index contributed by atoms with van der Waals surface area (Å²) in [5.74, 6) is -0.506. The summed E-state index contributed by atoms with van der Waals surface area (Å²) >= 11 is 1.29. The fourth-order valence-corrected chi connectivity index (χ4v) is 2.70. The Balaban J connectivity index is 1.92. The minimum atomic E-state index is -0.771. The van der Waals surface area contributed by atoms with Gasteiger partial charge in [-0.25, -0.2) is 4.98 Å². The smallest absolute Gasteiger partial charge is 0.311 e. The molecule has 1 N–H and O–H groups in total. The van der Waals surface area contributed by atoms with Crippen LogP contribution in [0.3, 0.4) is 0 Å². The van der Waals surface area contributed by atoms with Gasteiger partial charge in [0.1, 0.15) is 5.60 Å². The van der Waals surface area contributed by atoms with E-state index in [1.807, 2.05) is 0 Å². The van der Waals surface area contributed by atoms with E-state index in [1.165, 1.54) is 11.3 Å². The van der Waals surface area contributed by atoms with Crippen LogP contribution in [0, 0.1) is 0 Å². The zero-order valence-electron chi connectivity index (χ0n) is 11.6. The molecule has 1 aliphatic rings. The Labute approximate surface area is 121 Å². The van der Waals surface area contributed by atoms with Gasteiger partial charge in [-0.2, -0.15) is 0 Å². The lowest BCUT2D eigenvalue weighted by molar-refractivity contribution is -0.142. The van der Waals surface area contributed by atoms with Crippen LogP contribution < -0.4 is 5.32 Å². The lowest BCUT2D eigenvalue weighted by Crippen LogP contribution is -2.39. The van der Waals surface area contributed by atoms with Crippen molar-refractivity contribution in [1.82, 2.24) is 4.98 Å². The molecule has 1 unspecified atom stereocenters. The highest BCUT2D eigenvalue weighted by molar-refractivity contribution is 7.13. The van der Waals surface area contributed by atoms with Gasteiger partial charge >= 0.3 is 5.97 Å². The Morgan fingerprint density at radius 3 is 3.05 bits per heavy atom. The zero-order chi connectivity index (χ0) is 14.6. The van der Waals surface area contributed by atoms with Gasteiger partial charge in [0.05, 0.1) is 18.7 Å². The van der Waals surface area contributed by atoms with Gasteiger partial charge in [0.25, 0.3) is 5.91 Å². The summed E-state index contributed by atoms with van der Waals surface area (Å²) in [4.78, 5) is 27.7. The van der Waals surface area contributed by atoms with E-state index in [4.69, 9.17) is 9.47 Å². The number of carbonyl (C=O) groups is 2. The SMILES string of the molecule is CCOC(=O)Cc1csc(NC(=O)C2(C)CCCO2)n1. The summed E-state index contributed by atoms with van der Waals surface area (Å²) in [7, 11) is 0. The number of nitrogens with zero attached hydrogens (tertiary/aromatic N) is 1. The molecule has 0 aliphatic carbocycles. The molecule has 1 saturated heterocycles. The monoisotopic (exact) mass is 298 g/mol. The van der Waals surface area contributed by atoms with Crippen LogP contribution in [0.4, 0.5) is 5.13 Å². The number of amides is 1. The first-order valence-corrected chi connectivity index (χ1v) is 7.47. The summed E-state index contributed by atoms with van der Waals surface area (Å²) in [5, 5.41) is 4.96. The van der Waals surface area contributed by atoms with Crippen molar-refractivity contribution in [3.8, 4) is 0 Å². The van der Waals surface area contributed by atoms with E-state index in [9.17, 15) is 9.59 Å². The summed E-state index contributed by atoms with van der Waals surface area (Å²) in [6, 6.07) is 0. The van der Waals surface area contributed by atoms with E-state index in [-0.39, 0.29) is 18.3 Å². The molecule has 2 heterocycles. The fraction of sp³-hybridized carbons (Fsp3) is 0.615.